The van der Waals surface area contributed by atoms with Crippen LogP contribution in [0.3, 0.4) is 0 Å². The van der Waals surface area contributed by atoms with Crippen molar-refractivity contribution in [2.45, 2.75) is 52.9 Å². The van der Waals surface area contributed by atoms with Gasteiger partial charge >= 0.3 is 0 Å². The molecule has 1 aliphatic carbocycles. The molecule has 0 saturated carbocycles. The Morgan fingerprint density at radius 3 is 2.19 bits per heavy atom. The first-order valence-corrected chi connectivity index (χ1v) is 15.5. The maximum Gasteiger partial charge on any atom is 0.0794 e. The lowest BCUT2D eigenvalue weighted by atomic mass is 9.82. The molecule has 2 aliphatic rings. The normalized spacial score (nSPS) is 16.4. The summed E-state index contributed by atoms with van der Waals surface area (Å²) in [5.41, 5.74) is 18.6. The number of aryl methyl sites for hydroxylation is 2. The highest BCUT2D eigenvalue weighted by Gasteiger charge is 2.34. The molecule has 1 unspecified atom stereocenters. The Labute approximate surface area is 257 Å². The van der Waals surface area contributed by atoms with E-state index in [1.54, 1.807) is 0 Å². The SMILES string of the molecule is Cc1cc(C(C)(C)C)cc(C)c1C1=N/C(=C\c2[nH]c3c(c2C)C(c2ccccc2)c2ccccc2-3)c2ccc(Br)cc21. The lowest BCUT2D eigenvalue weighted by Crippen LogP contribution is -2.14. The predicted octanol–water partition coefficient (Wildman–Crippen LogP) is 10.5. The maximum absolute atomic E-state index is 5.36. The van der Waals surface area contributed by atoms with E-state index in [1.807, 2.05) is 0 Å². The summed E-state index contributed by atoms with van der Waals surface area (Å²) in [6, 6.07) is 30.9. The summed E-state index contributed by atoms with van der Waals surface area (Å²) in [4.78, 5) is 9.19. The van der Waals surface area contributed by atoms with Gasteiger partial charge in [-0.25, -0.2) is 4.99 Å². The van der Waals surface area contributed by atoms with Crippen molar-refractivity contribution in [2.75, 3.05) is 0 Å². The molecule has 7 rings (SSSR count). The number of rotatable bonds is 3. The van der Waals surface area contributed by atoms with E-state index >= 15 is 0 Å². The summed E-state index contributed by atoms with van der Waals surface area (Å²) in [5.74, 6) is 0.221. The van der Waals surface area contributed by atoms with Crippen LogP contribution in [0.25, 0.3) is 23.0 Å². The van der Waals surface area contributed by atoms with Gasteiger partial charge in [-0.1, -0.05) is 109 Å². The predicted molar refractivity (Wildman–Crippen MR) is 181 cm³/mol. The van der Waals surface area contributed by atoms with E-state index in [-0.39, 0.29) is 11.3 Å². The number of halogens is 1. The van der Waals surface area contributed by atoms with Crippen molar-refractivity contribution in [1.82, 2.24) is 4.98 Å². The number of aromatic amines is 1. The number of aliphatic imine (C=N–C) groups is 1. The maximum atomic E-state index is 5.36. The van der Waals surface area contributed by atoms with Crippen LogP contribution < -0.4 is 0 Å². The second-order valence-corrected chi connectivity index (χ2v) is 13.7. The molecular formula is C39H35BrN2. The van der Waals surface area contributed by atoms with Gasteiger partial charge in [0.1, 0.15) is 0 Å². The van der Waals surface area contributed by atoms with Crippen molar-refractivity contribution in [3.63, 3.8) is 0 Å². The van der Waals surface area contributed by atoms with Crippen LogP contribution in [0.5, 0.6) is 0 Å². The number of nitrogens with zero attached hydrogens (tertiary/aromatic N) is 1. The molecule has 0 radical (unpaired) electrons. The molecule has 208 valence electrons. The highest BCUT2D eigenvalue weighted by atomic mass is 79.9. The van der Waals surface area contributed by atoms with Gasteiger partial charge in [-0.3, -0.25) is 0 Å². The standard InChI is InChI=1S/C39H35BrN2/c1-22-18-26(39(4,5)6)19-23(2)34(22)38-31-20-27(40)16-17-28(31)33(42-38)21-32-24(3)35-36(25-12-8-7-9-13-25)29-14-10-11-15-30(29)37(35)41-32/h7-21,36,41H,1-6H3/b33-21-. The van der Waals surface area contributed by atoms with Crippen molar-refractivity contribution < 1.29 is 0 Å². The molecule has 3 heteroatoms. The van der Waals surface area contributed by atoms with Crippen molar-refractivity contribution in [3.05, 3.63) is 151 Å². The molecule has 5 aromatic rings. The molecular weight excluding hydrogens is 576 g/mol. The molecule has 0 amide bonds. The molecule has 2 nitrogen and oxygen atoms in total. The Hall–Kier alpha value is -3.95. The van der Waals surface area contributed by atoms with Crippen LogP contribution in [0, 0.1) is 20.8 Å². The zero-order chi connectivity index (χ0) is 29.3. The average molecular weight is 612 g/mol. The van der Waals surface area contributed by atoms with Gasteiger partial charge < -0.3 is 4.98 Å². The summed E-state index contributed by atoms with van der Waals surface area (Å²) >= 11 is 3.73. The van der Waals surface area contributed by atoms with Gasteiger partial charge in [0, 0.05) is 38.3 Å². The minimum Gasteiger partial charge on any atom is -0.354 e. The summed E-state index contributed by atoms with van der Waals surface area (Å²) in [6.07, 6.45) is 2.26. The molecule has 0 bridgehead atoms. The van der Waals surface area contributed by atoms with E-state index < -0.39 is 0 Å². The largest absolute Gasteiger partial charge is 0.354 e. The fourth-order valence-corrected chi connectivity index (χ4v) is 7.21. The van der Waals surface area contributed by atoms with E-state index in [2.05, 4.69) is 153 Å². The second-order valence-electron chi connectivity index (χ2n) is 12.8. The van der Waals surface area contributed by atoms with Crippen LogP contribution in [-0.2, 0) is 5.41 Å². The molecule has 1 atom stereocenters. The minimum atomic E-state index is 0.0965. The van der Waals surface area contributed by atoms with Crippen LogP contribution in [0.2, 0.25) is 0 Å². The third-order valence-electron chi connectivity index (χ3n) is 8.96. The molecule has 4 aromatic carbocycles. The Balaban J connectivity index is 1.40. The summed E-state index contributed by atoms with van der Waals surface area (Å²) in [7, 11) is 0. The van der Waals surface area contributed by atoms with Crippen LogP contribution >= 0.6 is 15.9 Å². The Kier molecular flexibility index (Phi) is 6.29. The molecule has 0 spiro atoms. The first kappa shape index (κ1) is 26.9. The molecule has 1 aromatic heterocycles. The number of fused-ring (bicyclic) bond motifs is 4. The molecule has 1 N–H and O–H groups in total. The summed E-state index contributed by atoms with van der Waals surface area (Å²) in [6.45, 7) is 13.5. The second kappa shape index (κ2) is 9.81. The van der Waals surface area contributed by atoms with Gasteiger partial charge in [-0.15, -0.1) is 0 Å². The minimum absolute atomic E-state index is 0.0965. The number of benzene rings is 4. The number of hydrogen-bond acceptors (Lipinski definition) is 1. The topological polar surface area (TPSA) is 28.1 Å². The Morgan fingerprint density at radius 1 is 0.786 bits per heavy atom. The lowest BCUT2D eigenvalue weighted by Gasteiger charge is -2.22. The van der Waals surface area contributed by atoms with Gasteiger partial charge in [0.2, 0.25) is 0 Å². The molecule has 0 fully saturated rings. The Morgan fingerprint density at radius 2 is 1.48 bits per heavy atom. The van der Waals surface area contributed by atoms with E-state index in [0.29, 0.717) is 0 Å². The fraction of sp³-hybridized carbons (Fsp3) is 0.205. The first-order valence-electron chi connectivity index (χ1n) is 14.7. The monoisotopic (exact) mass is 610 g/mol. The van der Waals surface area contributed by atoms with Gasteiger partial charge in [-0.05, 0) is 83.3 Å². The zero-order valence-electron chi connectivity index (χ0n) is 25.1. The van der Waals surface area contributed by atoms with Crippen LogP contribution in [-0.4, -0.2) is 10.7 Å². The van der Waals surface area contributed by atoms with E-state index in [0.717, 1.165) is 21.6 Å². The average Bonchev–Trinajstić information content (AvgIpc) is 3.58. The van der Waals surface area contributed by atoms with Gasteiger partial charge in [0.05, 0.1) is 17.1 Å². The molecule has 0 saturated heterocycles. The lowest BCUT2D eigenvalue weighted by molar-refractivity contribution is 0.589. The van der Waals surface area contributed by atoms with Crippen molar-refractivity contribution in [1.29, 1.82) is 0 Å². The smallest absolute Gasteiger partial charge is 0.0794 e. The number of aromatic nitrogens is 1. The van der Waals surface area contributed by atoms with Gasteiger partial charge in [-0.2, -0.15) is 0 Å². The summed E-state index contributed by atoms with van der Waals surface area (Å²) < 4.78 is 1.06. The quantitative estimate of drug-likeness (QED) is 0.206. The molecule has 42 heavy (non-hydrogen) atoms. The molecule has 2 heterocycles. The van der Waals surface area contributed by atoms with E-state index in [9.17, 15) is 0 Å². The number of H-pyrrole nitrogens is 1. The number of nitrogens with one attached hydrogen (secondary N) is 1. The van der Waals surface area contributed by atoms with E-state index in [4.69, 9.17) is 4.99 Å². The van der Waals surface area contributed by atoms with Gasteiger partial charge in [0.15, 0.2) is 0 Å². The van der Waals surface area contributed by atoms with Gasteiger partial charge in [0.25, 0.3) is 0 Å². The van der Waals surface area contributed by atoms with Crippen molar-refractivity contribution >= 4 is 33.4 Å². The van der Waals surface area contributed by atoms with Crippen LogP contribution in [0.4, 0.5) is 0 Å². The van der Waals surface area contributed by atoms with E-state index in [1.165, 1.54) is 66.9 Å². The third kappa shape index (κ3) is 4.25. The Bertz CT molecular complexity index is 1920. The van der Waals surface area contributed by atoms with Crippen LogP contribution in [0.15, 0.2) is 94.4 Å². The first-order chi connectivity index (χ1) is 20.1. The summed E-state index contributed by atoms with van der Waals surface area (Å²) in [5, 5.41) is 0. The highest BCUT2D eigenvalue weighted by molar-refractivity contribution is 9.10. The zero-order valence-corrected chi connectivity index (χ0v) is 26.6. The van der Waals surface area contributed by atoms with Crippen LogP contribution in [0.1, 0.15) is 88.0 Å². The fourth-order valence-electron chi connectivity index (χ4n) is 6.85. The highest BCUT2D eigenvalue weighted by Crippen LogP contribution is 2.50. The molecule has 1 aliphatic heterocycles. The number of hydrogen-bond donors (Lipinski definition) is 1. The third-order valence-corrected chi connectivity index (χ3v) is 9.45. The van der Waals surface area contributed by atoms with Crippen molar-refractivity contribution in [3.8, 4) is 11.3 Å². The van der Waals surface area contributed by atoms with Crippen molar-refractivity contribution in [2.24, 2.45) is 4.99 Å².